The first-order valence-electron chi connectivity index (χ1n) is 7.61. The van der Waals surface area contributed by atoms with Gasteiger partial charge >= 0.3 is 0 Å². The molecule has 1 aliphatic carbocycles. The molecule has 1 aromatic rings. The molecule has 20 heavy (non-hydrogen) atoms. The van der Waals surface area contributed by atoms with E-state index >= 15 is 0 Å². The van der Waals surface area contributed by atoms with Gasteiger partial charge in [0.05, 0.1) is 22.0 Å². The number of hydrogen-bond donors (Lipinski definition) is 1. The fraction of sp³-hybridized carbons (Fsp3) is 0.812. The highest BCUT2D eigenvalue weighted by Crippen LogP contribution is 2.45. The van der Waals surface area contributed by atoms with Gasteiger partial charge in [-0.05, 0) is 37.0 Å². The lowest BCUT2D eigenvalue weighted by Gasteiger charge is -2.45. The third-order valence-corrected chi connectivity index (χ3v) is 5.42. The molecule has 1 saturated carbocycles. The highest BCUT2D eigenvalue weighted by atomic mass is 35.5. The van der Waals surface area contributed by atoms with Gasteiger partial charge in [-0.1, -0.05) is 39.3 Å². The van der Waals surface area contributed by atoms with Crippen molar-refractivity contribution >= 4 is 11.6 Å². The van der Waals surface area contributed by atoms with Crippen LogP contribution in [0.4, 0.5) is 0 Å². The maximum Gasteiger partial charge on any atom is 0.0850 e. The average molecular weight is 299 g/mol. The predicted octanol–water partition coefficient (Wildman–Crippen LogP) is 3.76. The topological polar surface area (TPSA) is 38.0 Å². The van der Waals surface area contributed by atoms with Crippen LogP contribution >= 0.6 is 11.6 Å². The van der Waals surface area contributed by atoms with E-state index in [4.69, 9.17) is 11.6 Å². The number of aromatic nitrogens is 2. The summed E-state index contributed by atoms with van der Waals surface area (Å²) in [6, 6.07) is 0. The summed E-state index contributed by atoms with van der Waals surface area (Å²) in [5, 5.41) is 16.2. The molecule has 1 N–H and O–H groups in total. The predicted molar refractivity (Wildman–Crippen MR) is 83.0 cm³/mol. The van der Waals surface area contributed by atoms with Crippen LogP contribution < -0.4 is 0 Å². The van der Waals surface area contributed by atoms with Gasteiger partial charge < -0.3 is 5.11 Å². The van der Waals surface area contributed by atoms with Gasteiger partial charge in [-0.2, -0.15) is 5.10 Å². The minimum atomic E-state index is -0.655. The van der Waals surface area contributed by atoms with Crippen LogP contribution in [0.2, 0.25) is 5.02 Å². The lowest BCUT2D eigenvalue weighted by molar-refractivity contribution is -0.0714. The third-order valence-electron chi connectivity index (χ3n) is 4.99. The van der Waals surface area contributed by atoms with Crippen molar-refractivity contribution < 1.29 is 5.11 Å². The van der Waals surface area contributed by atoms with Gasteiger partial charge in [0.2, 0.25) is 0 Å². The summed E-state index contributed by atoms with van der Waals surface area (Å²) in [6.07, 6.45) is 4.38. The Morgan fingerprint density at radius 2 is 2.05 bits per heavy atom. The number of aliphatic hydroxyl groups is 1. The first kappa shape index (κ1) is 15.8. The van der Waals surface area contributed by atoms with Crippen LogP contribution in [0.1, 0.15) is 58.3 Å². The molecule has 2 atom stereocenters. The van der Waals surface area contributed by atoms with Gasteiger partial charge in [-0.3, -0.25) is 4.68 Å². The van der Waals surface area contributed by atoms with Crippen molar-refractivity contribution in [1.82, 2.24) is 9.78 Å². The van der Waals surface area contributed by atoms with Crippen molar-refractivity contribution in [2.24, 2.45) is 18.4 Å². The Labute approximate surface area is 127 Å². The summed E-state index contributed by atoms with van der Waals surface area (Å²) in [5.74, 6) is 0.280. The van der Waals surface area contributed by atoms with Gasteiger partial charge in [0.15, 0.2) is 0 Å². The van der Waals surface area contributed by atoms with Crippen molar-refractivity contribution in [3.05, 3.63) is 16.4 Å². The van der Waals surface area contributed by atoms with Gasteiger partial charge in [0.1, 0.15) is 0 Å². The molecule has 0 bridgehead atoms. The maximum absolute atomic E-state index is 11.1. The summed E-state index contributed by atoms with van der Waals surface area (Å²) in [5.41, 5.74) is 1.57. The van der Waals surface area contributed by atoms with Gasteiger partial charge in [-0.25, -0.2) is 0 Å². The van der Waals surface area contributed by atoms with Crippen LogP contribution in [-0.4, -0.2) is 20.5 Å². The highest BCUT2D eigenvalue weighted by molar-refractivity contribution is 6.31. The van der Waals surface area contributed by atoms with Crippen LogP contribution in [0, 0.1) is 11.3 Å². The van der Waals surface area contributed by atoms with Crippen LogP contribution in [0.15, 0.2) is 0 Å². The molecule has 1 aliphatic rings. The fourth-order valence-corrected chi connectivity index (χ4v) is 3.85. The Morgan fingerprint density at radius 1 is 1.40 bits per heavy atom. The number of rotatable bonds is 3. The molecule has 2 rings (SSSR count). The van der Waals surface area contributed by atoms with Crippen molar-refractivity contribution in [2.45, 2.75) is 65.4 Å². The Hall–Kier alpha value is -0.540. The molecule has 4 heteroatoms. The molecule has 0 radical (unpaired) electrons. The zero-order valence-electron chi connectivity index (χ0n) is 13.3. The molecule has 2 unspecified atom stereocenters. The molecule has 0 aromatic carbocycles. The molecule has 3 nitrogen and oxygen atoms in total. The van der Waals surface area contributed by atoms with E-state index in [0.717, 1.165) is 42.1 Å². The normalized spacial score (nSPS) is 29.6. The number of halogens is 1. The van der Waals surface area contributed by atoms with E-state index in [1.807, 2.05) is 11.7 Å². The molecule has 0 amide bonds. The first-order valence-corrected chi connectivity index (χ1v) is 7.99. The molecule has 0 aliphatic heterocycles. The molecule has 1 heterocycles. The summed E-state index contributed by atoms with van der Waals surface area (Å²) in [6.45, 7) is 8.79. The number of nitrogens with zero attached hydrogens (tertiary/aromatic N) is 2. The van der Waals surface area contributed by atoms with E-state index in [0.29, 0.717) is 11.8 Å². The van der Waals surface area contributed by atoms with Crippen LogP contribution in [0.25, 0.3) is 0 Å². The second-order valence-electron chi connectivity index (χ2n) is 7.23. The van der Waals surface area contributed by atoms with Crippen molar-refractivity contribution in [3.8, 4) is 0 Å². The van der Waals surface area contributed by atoms with Gasteiger partial charge in [0, 0.05) is 13.5 Å². The lowest BCUT2D eigenvalue weighted by atomic mass is 9.64. The minimum absolute atomic E-state index is 0.280. The standard InChI is InChI=1S/C16H27ClN2O/c1-6-12-14(17)13(19(5)18-12)10-16(20)8-7-15(3,4)9-11(16)2/h11,20H,6-10H2,1-5H3. The molecular formula is C16H27ClN2O. The maximum atomic E-state index is 11.1. The van der Waals surface area contributed by atoms with Crippen molar-refractivity contribution in [3.63, 3.8) is 0 Å². The van der Waals surface area contributed by atoms with E-state index in [1.54, 1.807) is 0 Å². The quantitative estimate of drug-likeness (QED) is 0.923. The smallest absolute Gasteiger partial charge is 0.0850 e. The zero-order chi connectivity index (χ0) is 15.1. The summed E-state index contributed by atoms with van der Waals surface area (Å²) >= 11 is 6.42. The monoisotopic (exact) mass is 298 g/mol. The van der Waals surface area contributed by atoms with Crippen LogP contribution in [0.5, 0.6) is 0 Å². The Bertz CT molecular complexity index is 495. The summed E-state index contributed by atoms with van der Waals surface area (Å²) in [7, 11) is 1.92. The van der Waals surface area contributed by atoms with E-state index in [-0.39, 0.29) is 5.92 Å². The van der Waals surface area contributed by atoms with E-state index in [9.17, 15) is 5.11 Å². The number of aryl methyl sites for hydroxylation is 2. The SMILES string of the molecule is CCc1nn(C)c(CC2(O)CCC(C)(C)CC2C)c1Cl. The largest absolute Gasteiger partial charge is 0.389 e. The van der Waals surface area contributed by atoms with Crippen LogP contribution in [-0.2, 0) is 19.9 Å². The summed E-state index contributed by atoms with van der Waals surface area (Å²) < 4.78 is 1.84. The highest BCUT2D eigenvalue weighted by Gasteiger charge is 2.43. The van der Waals surface area contributed by atoms with Gasteiger partial charge in [0.25, 0.3) is 0 Å². The van der Waals surface area contributed by atoms with E-state index < -0.39 is 5.60 Å². The lowest BCUT2D eigenvalue weighted by Crippen LogP contribution is -2.46. The second kappa shape index (κ2) is 5.34. The number of hydrogen-bond acceptors (Lipinski definition) is 2. The molecule has 114 valence electrons. The molecule has 1 fully saturated rings. The molecular weight excluding hydrogens is 272 g/mol. The first-order chi connectivity index (χ1) is 9.18. The van der Waals surface area contributed by atoms with Crippen LogP contribution in [0.3, 0.4) is 0 Å². The molecule has 1 aromatic heterocycles. The van der Waals surface area contributed by atoms with Crippen molar-refractivity contribution in [2.75, 3.05) is 0 Å². The van der Waals surface area contributed by atoms with Gasteiger partial charge in [-0.15, -0.1) is 0 Å². The third kappa shape index (κ3) is 2.89. The minimum Gasteiger partial charge on any atom is -0.389 e. The zero-order valence-corrected chi connectivity index (χ0v) is 14.1. The summed E-state index contributed by atoms with van der Waals surface area (Å²) in [4.78, 5) is 0. The fourth-order valence-electron chi connectivity index (χ4n) is 3.49. The Balaban J connectivity index is 2.23. The van der Waals surface area contributed by atoms with E-state index in [1.165, 1.54) is 0 Å². The van der Waals surface area contributed by atoms with Crippen molar-refractivity contribution in [1.29, 1.82) is 0 Å². The Kier molecular flexibility index (Phi) is 4.23. The average Bonchev–Trinajstić information content (AvgIpc) is 2.62. The molecule has 0 saturated heterocycles. The van der Waals surface area contributed by atoms with E-state index in [2.05, 4.69) is 32.8 Å². The molecule has 0 spiro atoms. The Morgan fingerprint density at radius 3 is 2.55 bits per heavy atom. The second-order valence-corrected chi connectivity index (χ2v) is 7.61.